The van der Waals surface area contributed by atoms with Crippen LogP contribution in [0.1, 0.15) is 75.1 Å². The van der Waals surface area contributed by atoms with Crippen LogP contribution < -0.4 is 10.2 Å². The first-order valence-electron chi connectivity index (χ1n) is 13.4. The molecule has 3 fully saturated rings. The van der Waals surface area contributed by atoms with Crippen LogP contribution in [0.2, 0.25) is 0 Å². The van der Waals surface area contributed by atoms with Crippen molar-refractivity contribution in [2.45, 2.75) is 76.8 Å². The number of alkyl halides is 3. The van der Waals surface area contributed by atoms with Crippen LogP contribution in [0.25, 0.3) is 0 Å². The summed E-state index contributed by atoms with van der Waals surface area (Å²) in [6, 6.07) is 4.00. The molecule has 4 N–H and O–H groups in total. The number of nitrogens with zero attached hydrogens (tertiary/aromatic N) is 4. The Hall–Kier alpha value is -3.38. The van der Waals surface area contributed by atoms with Gasteiger partial charge in [0, 0.05) is 48.9 Å². The second-order valence-electron chi connectivity index (χ2n) is 10.9. The number of carbonyl (C=O) groups is 2. The number of hydrogen-bond donors (Lipinski definition) is 4. The fraction of sp³-hybridized carbons (Fsp3) is 0.654. The van der Waals surface area contributed by atoms with Crippen LogP contribution in [-0.2, 0) is 9.59 Å². The van der Waals surface area contributed by atoms with Gasteiger partial charge in [-0.05, 0) is 43.9 Å². The van der Waals surface area contributed by atoms with Gasteiger partial charge < -0.3 is 20.4 Å². The van der Waals surface area contributed by atoms with Gasteiger partial charge in [-0.15, -0.1) is 0 Å². The number of carboxylic acid groups (broad SMARTS) is 2. The third-order valence-corrected chi connectivity index (χ3v) is 7.59. The highest BCUT2D eigenvalue weighted by molar-refractivity contribution is 5.73. The Kier molecular flexibility index (Phi) is 8.96. The van der Waals surface area contributed by atoms with Crippen LogP contribution in [0.4, 0.5) is 30.8 Å². The fourth-order valence-corrected chi connectivity index (χ4v) is 5.65. The number of aromatic nitrogens is 4. The normalized spacial score (nSPS) is 22.1. The predicted octanol–water partition coefficient (Wildman–Crippen LogP) is 5.26. The van der Waals surface area contributed by atoms with E-state index >= 15 is 0 Å². The molecule has 0 bridgehead atoms. The van der Waals surface area contributed by atoms with E-state index in [-0.39, 0.29) is 12.3 Å². The first-order valence-corrected chi connectivity index (χ1v) is 13.4. The second kappa shape index (κ2) is 12.2. The van der Waals surface area contributed by atoms with E-state index in [2.05, 4.69) is 26.5 Å². The first kappa shape index (κ1) is 28.6. The summed E-state index contributed by atoms with van der Waals surface area (Å²) in [4.78, 5) is 32.2. The van der Waals surface area contributed by atoms with Crippen molar-refractivity contribution in [3.8, 4) is 0 Å². The Morgan fingerprint density at radius 2 is 1.72 bits per heavy atom. The molecule has 10 nitrogen and oxygen atoms in total. The molecule has 13 heteroatoms. The van der Waals surface area contributed by atoms with Gasteiger partial charge in [-0.3, -0.25) is 9.89 Å². The zero-order chi connectivity index (χ0) is 28.2. The first-order chi connectivity index (χ1) is 18.5. The van der Waals surface area contributed by atoms with Crippen molar-refractivity contribution in [1.29, 1.82) is 0 Å². The number of halogens is 3. The van der Waals surface area contributed by atoms with Gasteiger partial charge in [0.1, 0.15) is 5.82 Å². The van der Waals surface area contributed by atoms with E-state index in [0.29, 0.717) is 30.2 Å². The van der Waals surface area contributed by atoms with Crippen molar-refractivity contribution >= 4 is 29.5 Å². The lowest BCUT2D eigenvalue weighted by Crippen LogP contribution is -2.44. The standard InChI is InChI=1S/C24H34N6O2.C2HF3O2/c1-15-9-21(26-22-12-20(28-29-22)18-7-8-18)27-24(25-15)30-13-16(11-23(31)32)10-19(14-30)17-5-3-2-4-6-17;3-2(4,5)1(6)7/h9,12,16-19H,2-8,10-11,13-14H2,1H3,(H,31,32)(H2,25,26,27,28,29);(H,6,7)/t16-,19-;/m1./s1. The Bertz CT molecular complexity index is 1150. The van der Waals surface area contributed by atoms with Crippen molar-refractivity contribution in [3.05, 3.63) is 23.5 Å². The summed E-state index contributed by atoms with van der Waals surface area (Å²) < 4.78 is 31.7. The van der Waals surface area contributed by atoms with Gasteiger partial charge in [0.25, 0.3) is 0 Å². The molecule has 0 aromatic carbocycles. The minimum absolute atomic E-state index is 0.140. The molecular formula is C26H35F3N6O4. The molecule has 1 aliphatic heterocycles. The Morgan fingerprint density at radius 1 is 1.03 bits per heavy atom. The number of aromatic amines is 1. The van der Waals surface area contributed by atoms with Gasteiger partial charge in [0.2, 0.25) is 5.95 Å². The molecule has 3 aliphatic rings. The van der Waals surface area contributed by atoms with Gasteiger partial charge in [-0.2, -0.15) is 23.3 Å². The summed E-state index contributed by atoms with van der Waals surface area (Å²) in [6.07, 6.45) is 5.05. The van der Waals surface area contributed by atoms with E-state index in [1.807, 2.05) is 13.0 Å². The van der Waals surface area contributed by atoms with E-state index < -0.39 is 18.1 Å². The number of piperidine rings is 1. The summed E-state index contributed by atoms with van der Waals surface area (Å²) in [5.74, 6) is 0.703. The van der Waals surface area contributed by atoms with Crippen molar-refractivity contribution in [2.24, 2.45) is 17.8 Å². The molecule has 2 aromatic rings. The van der Waals surface area contributed by atoms with E-state index in [1.165, 1.54) is 50.6 Å². The monoisotopic (exact) mass is 552 g/mol. The number of carboxylic acids is 2. The number of rotatable bonds is 7. The van der Waals surface area contributed by atoms with Gasteiger partial charge in [0.05, 0.1) is 0 Å². The maximum Gasteiger partial charge on any atom is 0.490 e. The molecule has 0 radical (unpaired) electrons. The van der Waals surface area contributed by atoms with Crippen LogP contribution >= 0.6 is 0 Å². The lowest BCUT2D eigenvalue weighted by atomic mass is 9.73. The van der Waals surface area contributed by atoms with Crippen LogP contribution in [0, 0.1) is 24.7 Å². The third-order valence-electron chi connectivity index (χ3n) is 7.59. The summed E-state index contributed by atoms with van der Waals surface area (Å²) >= 11 is 0. The highest BCUT2D eigenvalue weighted by atomic mass is 19.4. The zero-order valence-electron chi connectivity index (χ0n) is 21.9. The average Bonchev–Trinajstić information content (AvgIpc) is 3.62. The smallest absolute Gasteiger partial charge is 0.481 e. The molecule has 214 valence electrons. The minimum atomic E-state index is -5.08. The Balaban J connectivity index is 0.000000448. The molecule has 1 saturated heterocycles. The van der Waals surface area contributed by atoms with E-state index in [1.54, 1.807) is 0 Å². The SMILES string of the molecule is Cc1cc(Nc2cc(C3CC3)[nH]n2)nc(N2C[C@@H](CC(=O)O)C[C@@H](C3CCCCC3)C2)n1.O=C(O)C(F)(F)F. The molecule has 2 saturated carbocycles. The molecule has 2 aliphatic carbocycles. The largest absolute Gasteiger partial charge is 0.490 e. The fourth-order valence-electron chi connectivity index (χ4n) is 5.65. The summed E-state index contributed by atoms with van der Waals surface area (Å²) in [6.45, 7) is 3.60. The number of hydrogen-bond acceptors (Lipinski definition) is 7. The van der Waals surface area contributed by atoms with Gasteiger partial charge in [-0.1, -0.05) is 32.1 Å². The van der Waals surface area contributed by atoms with Crippen LogP contribution in [0.3, 0.4) is 0 Å². The quantitative estimate of drug-likeness (QED) is 0.361. The molecule has 0 amide bonds. The lowest BCUT2D eigenvalue weighted by Gasteiger charge is -2.42. The van der Waals surface area contributed by atoms with Gasteiger partial charge in [-0.25, -0.2) is 9.78 Å². The van der Waals surface area contributed by atoms with E-state index in [9.17, 15) is 23.1 Å². The number of nitrogens with one attached hydrogen (secondary N) is 2. The zero-order valence-corrected chi connectivity index (χ0v) is 21.9. The molecule has 0 unspecified atom stereocenters. The predicted molar refractivity (Wildman–Crippen MR) is 137 cm³/mol. The van der Waals surface area contributed by atoms with E-state index in [4.69, 9.17) is 19.9 Å². The van der Waals surface area contributed by atoms with Crippen molar-refractivity contribution in [1.82, 2.24) is 20.2 Å². The third kappa shape index (κ3) is 8.30. The Morgan fingerprint density at radius 3 is 2.33 bits per heavy atom. The van der Waals surface area contributed by atoms with Crippen LogP contribution in [-0.4, -0.2) is 61.6 Å². The van der Waals surface area contributed by atoms with Crippen molar-refractivity contribution in [2.75, 3.05) is 23.3 Å². The molecule has 3 heterocycles. The highest BCUT2D eigenvalue weighted by Crippen LogP contribution is 2.40. The molecular weight excluding hydrogens is 517 g/mol. The number of H-pyrrole nitrogens is 1. The number of aliphatic carboxylic acids is 2. The summed E-state index contributed by atoms with van der Waals surface area (Å²) in [5.41, 5.74) is 2.08. The van der Waals surface area contributed by atoms with Crippen molar-refractivity contribution in [3.63, 3.8) is 0 Å². The molecule has 2 atom stereocenters. The molecule has 5 rings (SSSR count). The highest BCUT2D eigenvalue weighted by Gasteiger charge is 2.38. The van der Waals surface area contributed by atoms with Crippen LogP contribution in [0.5, 0.6) is 0 Å². The summed E-state index contributed by atoms with van der Waals surface area (Å²) in [5, 5.41) is 27.4. The molecule has 2 aromatic heterocycles. The molecule has 0 spiro atoms. The lowest BCUT2D eigenvalue weighted by molar-refractivity contribution is -0.192. The number of aryl methyl sites for hydroxylation is 1. The maximum absolute atomic E-state index is 11.5. The second-order valence-corrected chi connectivity index (χ2v) is 10.9. The van der Waals surface area contributed by atoms with Crippen molar-refractivity contribution < 1.29 is 33.0 Å². The number of anilines is 3. The average molecular weight is 553 g/mol. The van der Waals surface area contributed by atoms with Crippen LogP contribution in [0.15, 0.2) is 12.1 Å². The molecule has 39 heavy (non-hydrogen) atoms. The van der Waals surface area contributed by atoms with E-state index in [0.717, 1.165) is 30.3 Å². The topological polar surface area (TPSA) is 144 Å². The van der Waals surface area contributed by atoms with Gasteiger partial charge >= 0.3 is 18.1 Å². The maximum atomic E-state index is 11.5. The minimum Gasteiger partial charge on any atom is -0.481 e. The summed E-state index contributed by atoms with van der Waals surface area (Å²) in [7, 11) is 0. The Labute approximate surface area is 224 Å². The van der Waals surface area contributed by atoms with Gasteiger partial charge in [0.15, 0.2) is 5.82 Å².